The molecule has 1 aliphatic rings. The highest BCUT2D eigenvalue weighted by Gasteiger charge is 2.42. The van der Waals surface area contributed by atoms with E-state index in [2.05, 4.69) is 13.8 Å². The first kappa shape index (κ1) is 29.2. The third-order valence-electron chi connectivity index (χ3n) is 6.15. The molecule has 35 heavy (non-hydrogen) atoms. The molecule has 0 aromatic heterocycles. The van der Waals surface area contributed by atoms with Gasteiger partial charge >= 0.3 is 5.97 Å². The van der Waals surface area contributed by atoms with Crippen LogP contribution in [0.4, 0.5) is 0 Å². The van der Waals surface area contributed by atoms with E-state index in [1.807, 2.05) is 39.0 Å². The molecular weight excluding hydrogens is 482 g/mol. The van der Waals surface area contributed by atoms with Gasteiger partial charge in [-0.05, 0) is 56.4 Å². The van der Waals surface area contributed by atoms with Crippen molar-refractivity contribution in [2.75, 3.05) is 6.61 Å². The van der Waals surface area contributed by atoms with Crippen LogP contribution in [-0.4, -0.2) is 45.0 Å². The largest absolute Gasteiger partial charge is 0.490 e. The van der Waals surface area contributed by atoms with Crippen LogP contribution < -0.4 is 9.47 Å². The lowest BCUT2D eigenvalue weighted by atomic mass is 9.98. The smallest absolute Gasteiger partial charge is 0.327 e. The molecule has 1 heterocycles. The molecule has 0 bridgehead atoms. The Morgan fingerprint density at radius 3 is 2.49 bits per heavy atom. The predicted molar refractivity (Wildman–Crippen MR) is 147 cm³/mol. The van der Waals surface area contributed by atoms with Gasteiger partial charge in [0.15, 0.2) is 11.5 Å². The lowest BCUT2D eigenvalue weighted by Gasteiger charge is -2.27. The van der Waals surface area contributed by atoms with Crippen molar-refractivity contribution in [1.82, 2.24) is 4.90 Å². The summed E-state index contributed by atoms with van der Waals surface area (Å²) >= 11 is 6.52. The molecule has 0 saturated carbocycles. The maximum Gasteiger partial charge on any atom is 0.327 e. The summed E-state index contributed by atoms with van der Waals surface area (Å²) < 4.78 is 12.3. The number of carboxylic acid groups (broad SMARTS) is 1. The van der Waals surface area contributed by atoms with Crippen molar-refractivity contribution in [3.63, 3.8) is 0 Å². The number of amides is 1. The van der Waals surface area contributed by atoms with E-state index in [0.29, 0.717) is 29.4 Å². The maximum atomic E-state index is 13.1. The highest BCUT2D eigenvalue weighted by molar-refractivity contribution is 8.26. The number of hydrogen-bond donors (Lipinski definition) is 1. The summed E-state index contributed by atoms with van der Waals surface area (Å²) in [6.45, 7) is 10.4. The number of aliphatic carboxylic acids is 1. The fourth-order valence-corrected chi connectivity index (χ4v) is 5.32. The van der Waals surface area contributed by atoms with E-state index in [4.69, 9.17) is 21.7 Å². The van der Waals surface area contributed by atoms with E-state index in [1.54, 1.807) is 6.08 Å². The molecule has 0 spiro atoms. The Morgan fingerprint density at radius 1 is 1.14 bits per heavy atom. The fraction of sp³-hybridized carbons (Fsp3) is 0.593. The zero-order chi connectivity index (χ0) is 26.0. The Labute approximate surface area is 219 Å². The molecule has 0 unspecified atom stereocenters. The Morgan fingerprint density at radius 2 is 1.86 bits per heavy atom. The van der Waals surface area contributed by atoms with Crippen molar-refractivity contribution in [3.05, 3.63) is 28.7 Å². The van der Waals surface area contributed by atoms with Gasteiger partial charge in [-0.3, -0.25) is 9.69 Å². The van der Waals surface area contributed by atoms with Crippen molar-refractivity contribution in [2.24, 2.45) is 5.92 Å². The second-order valence-electron chi connectivity index (χ2n) is 8.99. The first-order valence-corrected chi connectivity index (χ1v) is 13.9. The fourth-order valence-electron chi connectivity index (χ4n) is 3.99. The molecule has 1 amide bonds. The van der Waals surface area contributed by atoms with Crippen LogP contribution in [0.25, 0.3) is 6.08 Å². The Balaban J connectivity index is 2.17. The minimum atomic E-state index is -1.04. The van der Waals surface area contributed by atoms with Crippen molar-refractivity contribution >= 4 is 46.3 Å². The first-order valence-electron chi connectivity index (χ1n) is 12.7. The average molecular weight is 522 g/mol. The van der Waals surface area contributed by atoms with E-state index in [9.17, 15) is 14.7 Å². The quantitative estimate of drug-likeness (QED) is 0.153. The minimum absolute atomic E-state index is 0.0754. The van der Waals surface area contributed by atoms with Crippen LogP contribution in [-0.2, 0) is 9.59 Å². The lowest BCUT2D eigenvalue weighted by Crippen LogP contribution is -2.47. The van der Waals surface area contributed by atoms with Gasteiger partial charge in [-0.25, -0.2) is 4.79 Å². The van der Waals surface area contributed by atoms with Gasteiger partial charge < -0.3 is 14.6 Å². The first-order chi connectivity index (χ1) is 16.7. The van der Waals surface area contributed by atoms with E-state index in [1.165, 1.54) is 30.6 Å². The van der Waals surface area contributed by atoms with Crippen LogP contribution in [0.1, 0.15) is 85.1 Å². The highest BCUT2D eigenvalue weighted by atomic mass is 32.2. The molecular formula is C27H39NO5S2. The summed E-state index contributed by atoms with van der Waals surface area (Å²) in [7, 11) is 0. The third-order valence-corrected chi connectivity index (χ3v) is 7.48. The molecule has 6 nitrogen and oxygen atoms in total. The number of nitrogens with zero attached hydrogens (tertiary/aromatic N) is 1. The molecule has 1 fully saturated rings. The maximum absolute atomic E-state index is 13.1. The Bertz CT molecular complexity index is 917. The SMILES string of the molecule is CCCCCCC[C@@H](C)Oc1ccc(/C=C2/SC(=S)N([C@H](C(=O)O)[C@@H](C)CC)C2=O)cc1OCC. The molecule has 3 atom stereocenters. The number of hydrogen-bond acceptors (Lipinski definition) is 6. The van der Waals surface area contributed by atoms with Gasteiger partial charge in [0, 0.05) is 0 Å². The van der Waals surface area contributed by atoms with Crippen LogP contribution in [0, 0.1) is 5.92 Å². The molecule has 1 N–H and O–H groups in total. The molecule has 8 heteroatoms. The number of ether oxygens (including phenoxy) is 2. The molecule has 0 radical (unpaired) electrons. The number of carbonyl (C=O) groups is 2. The number of thiocarbonyl (C=S) groups is 1. The van der Waals surface area contributed by atoms with Crippen molar-refractivity contribution in [1.29, 1.82) is 0 Å². The summed E-state index contributed by atoms with van der Waals surface area (Å²) in [5.41, 5.74) is 0.768. The van der Waals surface area contributed by atoms with Gasteiger partial charge in [-0.2, -0.15) is 0 Å². The van der Waals surface area contributed by atoms with E-state index in [-0.39, 0.29) is 22.2 Å². The monoisotopic (exact) mass is 521 g/mol. The molecule has 2 rings (SSSR count). The summed E-state index contributed by atoms with van der Waals surface area (Å²) in [6.07, 6.45) is 9.56. The second-order valence-corrected chi connectivity index (χ2v) is 10.7. The normalized spacial score (nSPS) is 17.5. The number of rotatable bonds is 15. The number of carbonyl (C=O) groups excluding carboxylic acids is 1. The van der Waals surface area contributed by atoms with Crippen LogP contribution in [0.15, 0.2) is 23.1 Å². The number of benzene rings is 1. The van der Waals surface area contributed by atoms with Crippen molar-refractivity contribution in [3.8, 4) is 11.5 Å². The predicted octanol–water partition coefficient (Wildman–Crippen LogP) is 6.91. The van der Waals surface area contributed by atoms with Crippen LogP contribution >= 0.6 is 24.0 Å². The standard InChI is InChI=1S/C27H39NO5S2/c1-6-9-10-11-12-13-19(5)33-21-15-14-20(16-22(21)32-8-3)17-23-25(29)28(27(34)35-23)24(26(30)31)18(4)7-2/h14-19,24H,6-13H2,1-5H3,(H,30,31)/b23-17+/t18-,19+,24-/m0/s1. The lowest BCUT2D eigenvalue weighted by molar-refractivity contribution is -0.147. The van der Waals surface area contributed by atoms with Crippen LogP contribution in [0.2, 0.25) is 0 Å². The van der Waals surface area contributed by atoms with Gasteiger partial charge in [-0.15, -0.1) is 0 Å². The molecule has 1 aromatic carbocycles. The van der Waals surface area contributed by atoms with Gasteiger partial charge in [0.05, 0.1) is 17.6 Å². The van der Waals surface area contributed by atoms with Gasteiger partial charge in [0.1, 0.15) is 10.4 Å². The number of carboxylic acids is 1. The third kappa shape index (κ3) is 8.24. The van der Waals surface area contributed by atoms with E-state index in [0.717, 1.165) is 30.2 Å². The Kier molecular flexibility index (Phi) is 12.1. The number of unbranched alkanes of at least 4 members (excludes halogenated alkanes) is 4. The van der Waals surface area contributed by atoms with Gasteiger partial charge in [0.2, 0.25) is 0 Å². The number of thioether (sulfide) groups is 1. The second kappa shape index (κ2) is 14.5. The molecule has 1 aromatic rings. The highest BCUT2D eigenvalue weighted by Crippen LogP contribution is 2.37. The Hall–Kier alpha value is -2.06. The van der Waals surface area contributed by atoms with Crippen LogP contribution in [0.3, 0.4) is 0 Å². The van der Waals surface area contributed by atoms with Crippen molar-refractivity contribution < 1.29 is 24.2 Å². The molecule has 0 aliphatic carbocycles. The minimum Gasteiger partial charge on any atom is -0.490 e. The molecule has 1 aliphatic heterocycles. The van der Waals surface area contributed by atoms with E-state index < -0.39 is 12.0 Å². The molecule has 194 valence electrons. The average Bonchev–Trinajstić information content (AvgIpc) is 3.08. The zero-order valence-electron chi connectivity index (χ0n) is 21.5. The van der Waals surface area contributed by atoms with E-state index >= 15 is 0 Å². The zero-order valence-corrected chi connectivity index (χ0v) is 23.2. The molecule has 1 saturated heterocycles. The van der Waals surface area contributed by atoms with Gasteiger partial charge in [-0.1, -0.05) is 82.9 Å². The van der Waals surface area contributed by atoms with Crippen LogP contribution in [0.5, 0.6) is 11.5 Å². The summed E-state index contributed by atoms with van der Waals surface area (Å²) in [5, 5.41) is 9.72. The van der Waals surface area contributed by atoms with Gasteiger partial charge in [0.25, 0.3) is 5.91 Å². The summed E-state index contributed by atoms with van der Waals surface area (Å²) in [5.74, 6) is -0.332. The topological polar surface area (TPSA) is 76.1 Å². The van der Waals surface area contributed by atoms with Crippen molar-refractivity contribution in [2.45, 2.75) is 91.7 Å². The summed E-state index contributed by atoms with van der Waals surface area (Å²) in [4.78, 5) is 26.6. The summed E-state index contributed by atoms with van der Waals surface area (Å²) in [6, 6.07) is 4.62.